The average Bonchev–Trinajstić information content (AvgIpc) is 3.94. The van der Waals surface area contributed by atoms with Crippen molar-refractivity contribution in [3.63, 3.8) is 0 Å². The van der Waals surface area contributed by atoms with Crippen molar-refractivity contribution in [2.24, 2.45) is 17.8 Å². The van der Waals surface area contributed by atoms with Gasteiger partial charge in [-0.3, -0.25) is 9.59 Å². The van der Waals surface area contributed by atoms with E-state index in [1.54, 1.807) is 36.4 Å². The number of rotatable bonds is 13. The predicted octanol–water partition coefficient (Wildman–Crippen LogP) is 7.34. The van der Waals surface area contributed by atoms with E-state index in [0.717, 1.165) is 60.6 Å². The molecular weight excluding hydrogens is 693 g/mol. The van der Waals surface area contributed by atoms with Crippen LogP contribution in [-0.4, -0.2) is 67.6 Å². The lowest BCUT2D eigenvalue weighted by atomic mass is 9.82. The van der Waals surface area contributed by atoms with Crippen molar-refractivity contribution in [2.75, 3.05) is 28.7 Å². The number of hydrogen-bond donors (Lipinski definition) is 4. The van der Waals surface area contributed by atoms with Crippen molar-refractivity contribution in [3.8, 4) is 11.5 Å². The van der Waals surface area contributed by atoms with E-state index in [9.17, 15) is 19.8 Å². The normalized spacial score (nSPS) is 21.1. The van der Waals surface area contributed by atoms with Crippen molar-refractivity contribution in [1.29, 1.82) is 0 Å². The molecule has 4 N–H and O–H groups in total. The molecule has 55 heavy (non-hydrogen) atoms. The van der Waals surface area contributed by atoms with Crippen LogP contribution in [0.3, 0.4) is 0 Å². The highest BCUT2D eigenvalue weighted by molar-refractivity contribution is 6.03. The number of hydrogen-bond acceptors (Lipinski definition) is 10. The number of anilines is 3. The topological polar surface area (TPSA) is 157 Å². The molecule has 0 bridgehead atoms. The van der Waals surface area contributed by atoms with E-state index < -0.39 is 0 Å². The van der Waals surface area contributed by atoms with Crippen LogP contribution in [0.15, 0.2) is 61.2 Å². The molecule has 2 aromatic carbocycles. The van der Waals surface area contributed by atoms with Gasteiger partial charge in [0.05, 0.1) is 0 Å². The van der Waals surface area contributed by atoms with Gasteiger partial charge in [0, 0.05) is 50.0 Å². The van der Waals surface area contributed by atoms with Crippen LogP contribution in [0.2, 0.25) is 0 Å². The first-order valence-corrected chi connectivity index (χ1v) is 19.9. The molecule has 0 radical (unpaired) electrons. The predicted molar refractivity (Wildman–Crippen MR) is 213 cm³/mol. The number of aryl methyl sites for hydroxylation is 2. The second-order valence-corrected chi connectivity index (χ2v) is 16.0. The molecule has 290 valence electrons. The zero-order chi connectivity index (χ0) is 38.5. The molecule has 7 rings (SSSR count). The summed E-state index contributed by atoms with van der Waals surface area (Å²) < 4.78 is 0. The maximum atomic E-state index is 13.2. The average molecular weight is 747 g/mol. The van der Waals surface area contributed by atoms with E-state index in [-0.39, 0.29) is 23.3 Å². The SMILES string of the molecule is Cc1cc(O)ccc1CNC(=O)c1cc(N(CC2CC2CC2CCC(N(C)c3cc(C(=O)Nc4ccc(O)cc4C)ncn3)CC2)C2CCCCC2)ncn1. The molecule has 2 amide bonds. The number of nitrogens with zero attached hydrogens (tertiary/aromatic N) is 6. The maximum absolute atomic E-state index is 13.2. The molecule has 0 spiro atoms. The van der Waals surface area contributed by atoms with E-state index in [2.05, 4.69) is 42.4 Å². The highest BCUT2D eigenvalue weighted by Crippen LogP contribution is 2.47. The first-order chi connectivity index (χ1) is 26.6. The van der Waals surface area contributed by atoms with Crippen LogP contribution in [0.4, 0.5) is 17.3 Å². The number of phenolic OH excluding ortho intramolecular Hbond substituents is 2. The fourth-order valence-electron chi connectivity index (χ4n) is 8.69. The van der Waals surface area contributed by atoms with Gasteiger partial charge in [-0.2, -0.15) is 0 Å². The summed E-state index contributed by atoms with van der Waals surface area (Å²) in [6.07, 6.45) is 16.0. The largest absolute Gasteiger partial charge is 0.508 e. The van der Waals surface area contributed by atoms with Gasteiger partial charge < -0.3 is 30.6 Å². The van der Waals surface area contributed by atoms with Crippen LogP contribution < -0.4 is 20.4 Å². The number of nitrogens with one attached hydrogen (secondary N) is 2. The van der Waals surface area contributed by atoms with Gasteiger partial charge in [-0.1, -0.05) is 25.3 Å². The minimum absolute atomic E-state index is 0.158. The molecule has 2 heterocycles. The van der Waals surface area contributed by atoms with E-state index in [0.29, 0.717) is 53.5 Å². The molecule has 4 aromatic rings. The summed E-state index contributed by atoms with van der Waals surface area (Å²) in [5.74, 6) is 3.48. The molecule has 2 aromatic heterocycles. The minimum atomic E-state index is -0.307. The van der Waals surface area contributed by atoms with Crippen LogP contribution in [0, 0.1) is 31.6 Å². The van der Waals surface area contributed by atoms with Gasteiger partial charge in [0.1, 0.15) is 47.2 Å². The van der Waals surface area contributed by atoms with Crippen LogP contribution in [0.5, 0.6) is 11.5 Å². The molecule has 3 aliphatic carbocycles. The lowest BCUT2D eigenvalue weighted by Crippen LogP contribution is -2.39. The minimum Gasteiger partial charge on any atom is -0.508 e. The smallest absolute Gasteiger partial charge is 0.274 e. The third-order valence-electron chi connectivity index (χ3n) is 12.2. The molecular formula is C43H54N8O4. The maximum Gasteiger partial charge on any atom is 0.274 e. The van der Waals surface area contributed by atoms with E-state index >= 15 is 0 Å². The zero-order valence-corrected chi connectivity index (χ0v) is 32.2. The highest BCUT2D eigenvalue weighted by atomic mass is 16.3. The summed E-state index contributed by atoms with van der Waals surface area (Å²) in [5, 5.41) is 25.4. The first kappa shape index (κ1) is 38.0. The van der Waals surface area contributed by atoms with Gasteiger partial charge in [0.2, 0.25) is 0 Å². The van der Waals surface area contributed by atoms with Gasteiger partial charge in [-0.25, -0.2) is 19.9 Å². The van der Waals surface area contributed by atoms with E-state index in [4.69, 9.17) is 4.98 Å². The Hall–Kier alpha value is -5.26. The quantitative estimate of drug-likeness (QED) is 0.102. The Bertz CT molecular complexity index is 1980. The molecule has 3 fully saturated rings. The summed E-state index contributed by atoms with van der Waals surface area (Å²) in [6, 6.07) is 14.4. The van der Waals surface area contributed by atoms with Crippen molar-refractivity contribution < 1.29 is 19.8 Å². The number of benzene rings is 2. The molecule has 3 saturated carbocycles. The van der Waals surface area contributed by atoms with Crippen molar-refractivity contribution in [2.45, 2.75) is 103 Å². The van der Waals surface area contributed by atoms with Gasteiger partial charge in [-0.05, 0) is 130 Å². The number of aromatic nitrogens is 4. The van der Waals surface area contributed by atoms with E-state index in [1.165, 1.54) is 57.6 Å². The Morgan fingerprint density at radius 2 is 1.38 bits per heavy atom. The highest BCUT2D eigenvalue weighted by Gasteiger charge is 2.41. The third-order valence-corrected chi connectivity index (χ3v) is 12.2. The second-order valence-electron chi connectivity index (χ2n) is 16.0. The Kier molecular flexibility index (Phi) is 11.8. The molecule has 2 unspecified atom stereocenters. The summed E-state index contributed by atoms with van der Waals surface area (Å²) in [6.45, 7) is 5.09. The zero-order valence-electron chi connectivity index (χ0n) is 32.2. The summed E-state index contributed by atoms with van der Waals surface area (Å²) in [7, 11) is 2.06. The second kappa shape index (κ2) is 17.0. The molecule has 2 atom stereocenters. The molecule has 3 aliphatic rings. The van der Waals surface area contributed by atoms with Crippen LogP contribution in [0.1, 0.15) is 108 Å². The van der Waals surface area contributed by atoms with Gasteiger partial charge in [-0.15, -0.1) is 0 Å². The van der Waals surface area contributed by atoms with Crippen LogP contribution in [-0.2, 0) is 6.54 Å². The molecule has 12 nitrogen and oxygen atoms in total. The molecule has 0 aliphatic heterocycles. The van der Waals surface area contributed by atoms with E-state index in [1.807, 2.05) is 26.0 Å². The molecule has 0 saturated heterocycles. The first-order valence-electron chi connectivity index (χ1n) is 19.9. The monoisotopic (exact) mass is 746 g/mol. The number of carbonyl (C=O) groups is 2. The Morgan fingerprint density at radius 3 is 2.09 bits per heavy atom. The van der Waals surface area contributed by atoms with Crippen molar-refractivity contribution in [1.82, 2.24) is 25.3 Å². The number of aromatic hydroxyl groups is 2. The molecule has 12 heteroatoms. The lowest BCUT2D eigenvalue weighted by molar-refractivity contribution is 0.0945. The third kappa shape index (κ3) is 9.52. The number of carbonyl (C=O) groups excluding carboxylic acids is 2. The van der Waals surface area contributed by atoms with Crippen LogP contribution >= 0.6 is 0 Å². The van der Waals surface area contributed by atoms with Crippen LogP contribution in [0.25, 0.3) is 0 Å². The number of phenols is 2. The fraction of sp³-hybridized carbons (Fsp3) is 0.488. The lowest BCUT2D eigenvalue weighted by Gasteiger charge is -2.36. The Labute approximate surface area is 323 Å². The summed E-state index contributed by atoms with van der Waals surface area (Å²) in [4.78, 5) is 48.8. The van der Waals surface area contributed by atoms with Crippen molar-refractivity contribution in [3.05, 3.63) is 89.3 Å². The summed E-state index contributed by atoms with van der Waals surface area (Å²) >= 11 is 0. The van der Waals surface area contributed by atoms with Crippen molar-refractivity contribution >= 4 is 29.1 Å². The number of amides is 2. The fourth-order valence-corrected chi connectivity index (χ4v) is 8.69. The Balaban J connectivity index is 0.915. The standard InChI is InChI=1S/C43H54N8O4/c1-27-17-35(52)14-11-30(27)23-44-42(54)38-22-41(48-26-45-38)51(34-7-5-4-6-8-34)24-32-20-31(32)19-29-9-12-33(13-10-29)50(3)40-21-39(46-25-47-40)43(55)49-37-16-15-36(53)18-28(37)2/h11,14-18,21-22,25-26,29,31-34,52-53H,4-10,12-13,19-20,23-24H2,1-3H3,(H,44,54)(H,49,55). The van der Waals surface area contributed by atoms with Gasteiger partial charge in [0.25, 0.3) is 11.8 Å². The van der Waals surface area contributed by atoms with Gasteiger partial charge in [0.15, 0.2) is 0 Å². The van der Waals surface area contributed by atoms with Gasteiger partial charge >= 0.3 is 0 Å². The summed E-state index contributed by atoms with van der Waals surface area (Å²) in [5.41, 5.74) is 3.97. The Morgan fingerprint density at radius 1 is 0.727 bits per heavy atom.